The van der Waals surface area contributed by atoms with Crippen LogP contribution >= 0.6 is 11.8 Å². The van der Waals surface area contributed by atoms with E-state index in [1.807, 2.05) is 32.0 Å². The minimum Gasteiger partial charge on any atom is -0.468 e. The number of methoxy groups -OCH3 is 1. The molecule has 1 heterocycles. The Bertz CT molecular complexity index is 809. The summed E-state index contributed by atoms with van der Waals surface area (Å²) < 4.78 is 4.22. The van der Waals surface area contributed by atoms with Crippen LogP contribution in [-0.4, -0.2) is 46.6 Å². The van der Waals surface area contributed by atoms with E-state index < -0.39 is 39.5 Å². The normalized spacial score (nSPS) is 22.4. The first-order chi connectivity index (χ1) is 13.1. The van der Waals surface area contributed by atoms with Gasteiger partial charge in [0, 0.05) is 9.66 Å². The van der Waals surface area contributed by atoms with Crippen LogP contribution in [-0.2, 0) is 25.5 Å². The van der Waals surface area contributed by atoms with Crippen molar-refractivity contribution in [2.45, 2.75) is 48.9 Å². The Labute approximate surface area is 167 Å². The number of hydrogen-bond donors (Lipinski definition) is 2. The monoisotopic (exact) mass is 405 g/mol. The summed E-state index contributed by atoms with van der Waals surface area (Å²) >= 11 is 1.30. The molecule has 3 unspecified atom stereocenters. The third-order valence-electron chi connectivity index (χ3n) is 4.58. The van der Waals surface area contributed by atoms with Crippen molar-refractivity contribution in [3.05, 3.63) is 46.3 Å². The first kappa shape index (κ1) is 21.7. The van der Waals surface area contributed by atoms with Crippen LogP contribution in [0.4, 0.5) is 0 Å². The highest BCUT2D eigenvalue weighted by molar-refractivity contribution is 8.01. The molecule has 2 N–H and O–H groups in total. The molecule has 28 heavy (non-hydrogen) atoms. The van der Waals surface area contributed by atoms with Gasteiger partial charge in [0.05, 0.1) is 18.9 Å². The van der Waals surface area contributed by atoms with Crippen LogP contribution in [0.3, 0.4) is 0 Å². The van der Waals surface area contributed by atoms with Crippen molar-refractivity contribution in [2.75, 3.05) is 7.11 Å². The number of nitrogens with zero attached hydrogens (tertiary/aromatic N) is 3. The first-order valence-corrected chi connectivity index (χ1v) is 9.48. The average Bonchev–Trinajstić information content (AvgIpc) is 2.97. The van der Waals surface area contributed by atoms with E-state index in [0.29, 0.717) is 0 Å². The first-order valence-electron chi connectivity index (χ1n) is 8.60. The predicted molar refractivity (Wildman–Crippen MR) is 105 cm³/mol. The van der Waals surface area contributed by atoms with Crippen molar-refractivity contribution in [1.29, 1.82) is 0 Å². The maximum Gasteiger partial charge on any atom is 0.324 e. The summed E-state index contributed by atoms with van der Waals surface area (Å²) in [6.07, 6.45) is 0.0567. The molecule has 0 aliphatic carbocycles. The Morgan fingerprint density at radius 2 is 2.00 bits per heavy atom. The molecule has 0 radical (unpaired) electrons. The minimum absolute atomic E-state index is 0.0567. The Hall–Kier alpha value is -2.55. The van der Waals surface area contributed by atoms with E-state index in [4.69, 9.17) is 10.3 Å². The third kappa shape index (κ3) is 4.64. The lowest BCUT2D eigenvalue weighted by Crippen LogP contribution is -2.62. The van der Waals surface area contributed by atoms with Gasteiger partial charge in [0.2, 0.25) is 11.8 Å². The zero-order valence-electron chi connectivity index (χ0n) is 16.1. The molecular formula is C18H23N5O4S. The second-order valence-corrected chi connectivity index (χ2v) is 8.89. The van der Waals surface area contributed by atoms with E-state index in [2.05, 4.69) is 20.7 Å². The molecule has 1 aliphatic rings. The van der Waals surface area contributed by atoms with Gasteiger partial charge in [-0.3, -0.25) is 19.7 Å². The quantitative estimate of drug-likeness (QED) is 0.321. The number of azide groups is 1. The Kier molecular flexibility index (Phi) is 6.71. The van der Waals surface area contributed by atoms with Crippen LogP contribution in [0.25, 0.3) is 10.4 Å². The average molecular weight is 405 g/mol. The van der Waals surface area contributed by atoms with E-state index in [9.17, 15) is 14.4 Å². The Morgan fingerprint density at radius 3 is 2.57 bits per heavy atom. The van der Waals surface area contributed by atoms with Crippen LogP contribution in [0.5, 0.6) is 0 Å². The van der Waals surface area contributed by atoms with E-state index in [0.717, 1.165) is 5.56 Å². The number of ether oxygens (including phenoxy) is 1. The number of esters is 1. The largest absolute Gasteiger partial charge is 0.468 e. The van der Waals surface area contributed by atoms with Gasteiger partial charge in [-0.15, -0.1) is 11.8 Å². The lowest BCUT2D eigenvalue weighted by atomic mass is 9.98. The number of carbonyl (C=O) groups is 3. The van der Waals surface area contributed by atoms with Crippen molar-refractivity contribution in [1.82, 2.24) is 10.6 Å². The molecule has 0 saturated carbocycles. The topological polar surface area (TPSA) is 133 Å². The van der Waals surface area contributed by atoms with Gasteiger partial charge in [-0.05, 0) is 37.0 Å². The number of carbonyl (C=O) groups excluding carboxylic acids is 3. The number of thioether (sulfide) groups is 1. The molecule has 10 heteroatoms. The standard InChI is InChI=1S/C18H23N5O4S/c1-17(2)13(14(25)27-4)20-16(28-17)18(3,15(26)22-23-19)21-12(24)10-11-8-6-5-7-9-11/h5-9,13,16,20H,10H2,1-4H3,(H,21,24). The van der Waals surface area contributed by atoms with Gasteiger partial charge in [-0.25, -0.2) is 0 Å². The predicted octanol–water partition coefficient (Wildman–Crippen LogP) is 1.92. The zero-order valence-corrected chi connectivity index (χ0v) is 16.9. The summed E-state index contributed by atoms with van der Waals surface area (Å²) in [5, 5.41) is 8.24. The zero-order chi connectivity index (χ0) is 20.9. The number of hydrogen-bond acceptors (Lipinski definition) is 6. The highest BCUT2D eigenvalue weighted by atomic mass is 32.2. The Balaban J connectivity index is 2.28. The maximum absolute atomic E-state index is 12.6. The number of nitrogens with one attached hydrogen (secondary N) is 2. The SMILES string of the molecule is COC(=O)C1NC(C(C)(NC(=O)Cc2ccccc2)C(=O)N=[N+]=[N-])SC1(C)C. The highest BCUT2D eigenvalue weighted by Gasteiger charge is 2.54. The molecule has 3 atom stereocenters. The van der Waals surface area contributed by atoms with Crippen LogP contribution in [0.15, 0.2) is 35.4 Å². The van der Waals surface area contributed by atoms with Crippen molar-refractivity contribution >= 4 is 29.5 Å². The summed E-state index contributed by atoms with van der Waals surface area (Å²) in [5.74, 6) is -1.73. The molecule has 0 spiro atoms. The molecule has 1 aromatic rings. The number of rotatable bonds is 6. The second-order valence-electron chi connectivity index (χ2n) is 7.13. The fourth-order valence-corrected chi connectivity index (χ4v) is 4.51. The van der Waals surface area contributed by atoms with Gasteiger partial charge in [0.25, 0.3) is 0 Å². The molecule has 9 nitrogen and oxygen atoms in total. The van der Waals surface area contributed by atoms with Gasteiger partial charge >= 0.3 is 5.97 Å². The van der Waals surface area contributed by atoms with Crippen LogP contribution in [0.1, 0.15) is 26.3 Å². The smallest absolute Gasteiger partial charge is 0.324 e. The van der Waals surface area contributed by atoms with Gasteiger partial charge in [-0.1, -0.05) is 30.3 Å². The minimum atomic E-state index is -1.55. The molecule has 1 fully saturated rings. The lowest BCUT2D eigenvalue weighted by Gasteiger charge is -2.33. The second kappa shape index (κ2) is 8.64. The molecule has 0 aromatic heterocycles. The number of amides is 2. The summed E-state index contributed by atoms with van der Waals surface area (Å²) in [5.41, 5.74) is 7.94. The van der Waals surface area contributed by atoms with Gasteiger partial charge in [-0.2, -0.15) is 0 Å². The molecule has 150 valence electrons. The molecule has 1 aliphatic heterocycles. The van der Waals surface area contributed by atoms with Gasteiger partial charge in [0.15, 0.2) is 0 Å². The van der Waals surface area contributed by atoms with Crippen molar-refractivity contribution in [3.8, 4) is 0 Å². The van der Waals surface area contributed by atoms with E-state index in [1.54, 1.807) is 12.1 Å². The summed E-state index contributed by atoms with van der Waals surface area (Å²) in [4.78, 5) is 39.9. The summed E-state index contributed by atoms with van der Waals surface area (Å²) in [6, 6.07) is 8.35. The van der Waals surface area contributed by atoms with Crippen molar-refractivity contribution < 1.29 is 19.1 Å². The fraction of sp³-hybridized carbons (Fsp3) is 0.500. The molecule has 2 rings (SSSR count). The molecule has 1 saturated heterocycles. The number of benzene rings is 1. The van der Waals surface area contributed by atoms with E-state index in [1.165, 1.54) is 25.8 Å². The maximum atomic E-state index is 12.6. The Morgan fingerprint density at radius 1 is 1.36 bits per heavy atom. The summed E-state index contributed by atoms with van der Waals surface area (Å²) in [6.45, 7) is 5.14. The highest BCUT2D eigenvalue weighted by Crippen LogP contribution is 2.42. The summed E-state index contributed by atoms with van der Waals surface area (Å²) in [7, 11) is 1.28. The third-order valence-corrected chi connectivity index (χ3v) is 6.27. The molecule has 1 aromatic carbocycles. The van der Waals surface area contributed by atoms with Crippen LogP contribution in [0.2, 0.25) is 0 Å². The molecular weight excluding hydrogens is 382 g/mol. The molecule has 2 amide bonds. The van der Waals surface area contributed by atoms with Crippen molar-refractivity contribution in [3.63, 3.8) is 0 Å². The van der Waals surface area contributed by atoms with Gasteiger partial charge < -0.3 is 10.1 Å². The van der Waals surface area contributed by atoms with Crippen LogP contribution in [0, 0.1) is 0 Å². The molecule has 0 bridgehead atoms. The van der Waals surface area contributed by atoms with Gasteiger partial charge in [0.1, 0.15) is 11.6 Å². The van der Waals surface area contributed by atoms with Crippen LogP contribution < -0.4 is 10.6 Å². The van der Waals surface area contributed by atoms with Crippen molar-refractivity contribution in [2.24, 2.45) is 5.11 Å². The lowest BCUT2D eigenvalue weighted by molar-refractivity contribution is -0.143. The van der Waals surface area contributed by atoms with E-state index in [-0.39, 0.29) is 6.42 Å². The fourth-order valence-electron chi connectivity index (χ4n) is 3.00. The van der Waals surface area contributed by atoms with E-state index >= 15 is 0 Å².